The molecule has 0 bridgehead atoms. The monoisotopic (exact) mass is 336 g/mol. The molecule has 2 aliphatic rings. The smallest absolute Gasteiger partial charge is 0.194 e. The lowest BCUT2D eigenvalue weighted by Crippen LogP contribution is -2.37. The standard InChI is InChI=1S/C11H20N4.HI/c1-14-6-3-10(4-7-14)9-13-11-12-5-8-15(11)2;/h3H,4-9H2,1-2H3,(H,12,13);1H. The zero-order chi connectivity index (χ0) is 10.7. The maximum Gasteiger partial charge on any atom is 0.194 e. The van der Waals surface area contributed by atoms with Crippen molar-refractivity contribution in [2.24, 2.45) is 4.99 Å². The summed E-state index contributed by atoms with van der Waals surface area (Å²) in [5.41, 5.74) is 1.51. The highest BCUT2D eigenvalue weighted by atomic mass is 127. The van der Waals surface area contributed by atoms with Gasteiger partial charge < -0.3 is 15.1 Å². The Kier molecular flexibility index (Phi) is 5.54. The summed E-state index contributed by atoms with van der Waals surface area (Å²) in [6.45, 7) is 5.19. The fourth-order valence-electron chi connectivity index (χ4n) is 1.89. The Bertz CT molecular complexity index is 288. The zero-order valence-corrected chi connectivity index (χ0v) is 12.4. The second-order valence-electron chi connectivity index (χ2n) is 4.36. The summed E-state index contributed by atoms with van der Waals surface area (Å²) in [7, 11) is 4.25. The number of hydrogen-bond donors (Lipinski definition) is 1. The molecule has 0 unspecified atom stereocenters. The highest BCUT2D eigenvalue weighted by Crippen LogP contribution is 2.08. The molecule has 0 saturated carbocycles. The molecule has 0 saturated heterocycles. The van der Waals surface area contributed by atoms with Gasteiger partial charge in [0.1, 0.15) is 0 Å². The van der Waals surface area contributed by atoms with Gasteiger partial charge in [0.25, 0.3) is 0 Å². The van der Waals surface area contributed by atoms with Crippen LogP contribution in [0.3, 0.4) is 0 Å². The number of rotatable bonds is 2. The van der Waals surface area contributed by atoms with Crippen molar-refractivity contribution in [2.45, 2.75) is 6.42 Å². The molecule has 2 heterocycles. The Morgan fingerprint density at radius 2 is 2.19 bits per heavy atom. The minimum Gasteiger partial charge on any atom is -0.352 e. The van der Waals surface area contributed by atoms with Gasteiger partial charge in [-0.2, -0.15) is 0 Å². The molecule has 2 aliphatic heterocycles. The number of hydrogen-bond acceptors (Lipinski definition) is 4. The van der Waals surface area contributed by atoms with E-state index in [4.69, 9.17) is 0 Å². The minimum absolute atomic E-state index is 0. The molecule has 1 N–H and O–H groups in total. The first kappa shape index (κ1) is 13.8. The Hall–Kier alpha value is -0.300. The van der Waals surface area contributed by atoms with Crippen molar-refractivity contribution in [1.82, 2.24) is 15.1 Å². The van der Waals surface area contributed by atoms with E-state index >= 15 is 0 Å². The molecular formula is C11H21IN4. The summed E-state index contributed by atoms with van der Waals surface area (Å²) < 4.78 is 0. The summed E-state index contributed by atoms with van der Waals surface area (Å²) in [6, 6.07) is 0. The molecule has 0 fully saturated rings. The van der Waals surface area contributed by atoms with Crippen molar-refractivity contribution in [3.05, 3.63) is 11.6 Å². The quantitative estimate of drug-likeness (QED) is 0.597. The van der Waals surface area contributed by atoms with E-state index in [1.54, 1.807) is 0 Å². The lowest BCUT2D eigenvalue weighted by atomic mass is 10.1. The summed E-state index contributed by atoms with van der Waals surface area (Å²) in [4.78, 5) is 8.92. The SMILES string of the molecule is CN1CC=C(CNC2=NCCN2C)CC1.I. The van der Waals surface area contributed by atoms with E-state index in [0.717, 1.165) is 32.1 Å². The van der Waals surface area contributed by atoms with Crippen LogP contribution < -0.4 is 5.32 Å². The molecule has 2 rings (SSSR count). The van der Waals surface area contributed by atoms with Gasteiger partial charge in [-0.3, -0.25) is 4.99 Å². The van der Waals surface area contributed by atoms with E-state index in [9.17, 15) is 0 Å². The molecule has 0 aromatic heterocycles. The molecule has 4 nitrogen and oxygen atoms in total. The topological polar surface area (TPSA) is 30.9 Å². The van der Waals surface area contributed by atoms with Crippen LogP contribution in [-0.2, 0) is 0 Å². The maximum absolute atomic E-state index is 4.41. The first-order valence-electron chi connectivity index (χ1n) is 5.61. The van der Waals surface area contributed by atoms with E-state index in [-0.39, 0.29) is 24.0 Å². The number of nitrogens with zero attached hydrogens (tertiary/aromatic N) is 3. The van der Waals surface area contributed by atoms with Gasteiger partial charge in [0, 0.05) is 33.2 Å². The molecule has 16 heavy (non-hydrogen) atoms. The normalized spacial score (nSPS) is 21.2. The second kappa shape index (κ2) is 6.44. The van der Waals surface area contributed by atoms with Gasteiger partial charge >= 0.3 is 0 Å². The van der Waals surface area contributed by atoms with Crippen LogP contribution in [0, 0.1) is 0 Å². The molecule has 0 spiro atoms. The Balaban J connectivity index is 0.00000128. The number of aliphatic imine (C=N–C) groups is 1. The fraction of sp³-hybridized carbons (Fsp3) is 0.727. The van der Waals surface area contributed by atoms with E-state index in [2.05, 4.69) is 40.3 Å². The van der Waals surface area contributed by atoms with E-state index in [0.29, 0.717) is 0 Å². The average molecular weight is 336 g/mol. The number of guanidine groups is 1. The summed E-state index contributed by atoms with van der Waals surface area (Å²) in [6.07, 6.45) is 3.51. The molecule has 92 valence electrons. The van der Waals surface area contributed by atoms with Gasteiger partial charge in [0.2, 0.25) is 0 Å². The molecule has 0 aromatic rings. The molecule has 0 radical (unpaired) electrons. The van der Waals surface area contributed by atoms with Gasteiger partial charge in [0.15, 0.2) is 5.96 Å². The third kappa shape index (κ3) is 3.62. The first-order valence-corrected chi connectivity index (χ1v) is 5.61. The summed E-state index contributed by atoms with van der Waals surface area (Å²) >= 11 is 0. The van der Waals surface area contributed by atoms with Crippen molar-refractivity contribution in [1.29, 1.82) is 0 Å². The van der Waals surface area contributed by atoms with Crippen molar-refractivity contribution >= 4 is 29.9 Å². The highest BCUT2D eigenvalue weighted by Gasteiger charge is 2.13. The number of likely N-dealkylation sites (N-methyl/N-ethyl adjacent to an activating group) is 2. The van der Waals surface area contributed by atoms with Crippen LogP contribution in [0.25, 0.3) is 0 Å². The average Bonchev–Trinajstić information content (AvgIpc) is 2.63. The molecule has 0 aliphatic carbocycles. The summed E-state index contributed by atoms with van der Waals surface area (Å²) in [5, 5.41) is 3.41. The van der Waals surface area contributed by atoms with Crippen LogP contribution in [0.4, 0.5) is 0 Å². The van der Waals surface area contributed by atoms with Gasteiger partial charge in [-0.15, -0.1) is 24.0 Å². The van der Waals surface area contributed by atoms with Crippen molar-refractivity contribution in [3.63, 3.8) is 0 Å². The Morgan fingerprint density at radius 3 is 2.75 bits per heavy atom. The maximum atomic E-state index is 4.41. The first-order chi connectivity index (χ1) is 7.25. The van der Waals surface area contributed by atoms with Crippen LogP contribution in [-0.4, -0.2) is 62.6 Å². The fourth-order valence-corrected chi connectivity index (χ4v) is 1.89. The molecule has 0 atom stereocenters. The van der Waals surface area contributed by atoms with E-state index < -0.39 is 0 Å². The van der Waals surface area contributed by atoms with Crippen molar-refractivity contribution in [3.8, 4) is 0 Å². The van der Waals surface area contributed by atoms with Crippen LogP contribution in [0.1, 0.15) is 6.42 Å². The van der Waals surface area contributed by atoms with Gasteiger partial charge in [-0.1, -0.05) is 11.6 Å². The Morgan fingerprint density at radius 1 is 1.38 bits per heavy atom. The molecule has 5 heteroatoms. The minimum atomic E-state index is 0. The second-order valence-corrected chi connectivity index (χ2v) is 4.36. The van der Waals surface area contributed by atoms with Gasteiger partial charge in [-0.25, -0.2) is 0 Å². The number of halogens is 1. The molecule has 0 amide bonds. The number of nitrogens with one attached hydrogen (secondary N) is 1. The van der Waals surface area contributed by atoms with Crippen LogP contribution in [0.5, 0.6) is 0 Å². The van der Waals surface area contributed by atoms with Crippen LogP contribution >= 0.6 is 24.0 Å². The summed E-state index contributed by atoms with van der Waals surface area (Å²) in [5.74, 6) is 1.05. The Labute approximate surface area is 115 Å². The third-order valence-corrected chi connectivity index (χ3v) is 3.04. The molecule has 0 aromatic carbocycles. The predicted octanol–water partition coefficient (Wildman–Crippen LogP) is 0.757. The van der Waals surface area contributed by atoms with E-state index in [1.807, 2.05) is 0 Å². The largest absolute Gasteiger partial charge is 0.352 e. The lowest BCUT2D eigenvalue weighted by Gasteiger charge is -2.23. The lowest BCUT2D eigenvalue weighted by molar-refractivity contribution is 0.357. The van der Waals surface area contributed by atoms with Crippen molar-refractivity contribution < 1.29 is 0 Å². The zero-order valence-electron chi connectivity index (χ0n) is 10.1. The van der Waals surface area contributed by atoms with Gasteiger partial charge in [0.05, 0.1) is 6.54 Å². The predicted molar refractivity (Wildman–Crippen MR) is 78.5 cm³/mol. The van der Waals surface area contributed by atoms with E-state index in [1.165, 1.54) is 18.5 Å². The third-order valence-electron chi connectivity index (χ3n) is 3.04. The van der Waals surface area contributed by atoms with Crippen LogP contribution in [0.2, 0.25) is 0 Å². The highest BCUT2D eigenvalue weighted by molar-refractivity contribution is 14.0. The van der Waals surface area contributed by atoms with Gasteiger partial charge in [-0.05, 0) is 13.5 Å². The van der Waals surface area contributed by atoms with Crippen LogP contribution in [0.15, 0.2) is 16.6 Å². The van der Waals surface area contributed by atoms with Crippen molar-refractivity contribution in [2.75, 3.05) is 46.8 Å². The molecular weight excluding hydrogens is 315 g/mol.